The first kappa shape index (κ1) is 14.0. The highest BCUT2D eigenvalue weighted by molar-refractivity contribution is 7.98. The summed E-state index contributed by atoms with van der Waals surface area (Å²) in [6.45, 7) is 0. The van der Waals surface area contributed by atoms with Gasteiger partial charge in [0.05, 0.1) is 10.0 Å². The van der Waals surface area contributed by atoms with Gasteiger partial charge >= 0.3 is 0 Å². The van der Waals surface area contributed by atoms with E-state index in [1.54, 1.807) is 24.3 Å². The van der Waals surface area contributed by atoms with E-state index in [2.05, 4.69) is 0 Å². The lowest BCUT2D eigenvalue weighted by Gasteiger charge is -2.06. The lowest BCUT2D eigenvalue weighted by molar-refractivity contribution is 0.617. The standard InChI is InChI=1S/C13H8Cl3FS/c14-10-2-1-3-13(17)9(10)7-18-8-4-5-11(15)12(16)6-8/h1-6H,7H2. The molecular weight excluding hydrogens is 314 g/mol. The van der Waals surface area contributed by atoms with Crippen molar-refractivity contribution in [2.45, 2.75) is 10.6 Å². The summed E-state index contributed by atoms with van der Waals surface area (Å²) < 4.78 is 13.6. The third-order valence-corrected chi connectivity index (χ3v) is 4.45. The van der Waals surface area contributed by atoms with Crippen molar-refractivity contribution < 1.29 is 4.39 Å². The molecule has 0 saturated carbocycles. The minimum absolute atomic E-state index is 0.296. The number of benzene rings is 2. The number of hydrogen-bond donors (Lipinski definition) is 0. The van der Waals surface area contributed by atoms with Gasteiger partial charge in [-0.15, -0.1) is 11.8 Å². The molecule has 0 unspecified atom stereocenters. The van der Waals surface area contributed by atoms with Gasteiger partial charge in [-0.3, -0.25) is 0 Å². The lowest BCUT2D eigenvalue weighted by Crippen LogP contribution is -1.88. The molecule has 0 atom stereocenters. The molecule has 94 valence electrons. The second-order valence-corrected chi connectivity index (χ2v) is 5.84. The Kier molecular flexibility index (Phi) is 4.79. The van der Waals surface area contributed by atoms with E-state index < -0.39 is 0 Å². The van der Waals surface area contributed by atoms with Crippen LogP contribution in [-0.4, -0.2) is 0 Å². The van der Waals surface area contributed by atoms with Gasteiger partial charge in [0.25, 0.3) is 0 Å². The minimum Gasteiger partial charge on any atom is -0.207 e. The Labute approximate surface area is 124 Å². The normalized spacial score (nSPS) is 10.7. The molecule has 0 nitrogen and oxygen atoms in total. The molecule has 0 aliphatic carbocycles. The molecule has 0 N–H and O–H groups in total. The first-order valence-corrected chi connectivity index (χ1v) is 7.20. The molecule has 0 aliphatic rings. The maximum absolute atomic E-state index is 13.6. The van der Waals surface area contributed by atoms with Gasteiger partial charge in [0.1, 0.15) is 5.82 Å². The Balaban J connectivity index is 2.14. The zero-order valence-electron chi connectivity index (χ0n) is 9.09. The molecular formula is C13H8Cl3FS. The molecule has 0 aromatic heterocycles. The van der Waals surface area contributed by atoms with Gasteiger partial charge in [-0.05, 0) is 30.3 Å². The van der Waals surface area contributed by atoms with Crippen LogP contribution in [0.2, 0.25) is 15.1 Å². The number of thioether (sulfide) groups is 1. The zero-order chi connectivity index (χ0) is 13.1. The van der Waals surface area contributed by atoms with Crippen LogP contribution in [0.4, 0.5) is 4.39 Å². The largest absolute Gasteiger partial charge is 0.207 e. The van der Waals surface area contributed by atoms with Crippen molar-refractivity contribution in [1.82, 2.24) is 0 Å². The predicted octanol–water partition coefficient (Wildman–Crippen LogP) is 6.08. The summed E-state index contributed by atoms with van der Waals surface area (Å²) in [7, 11) is 0. The van der Waals surface area contributed by atoms with E-state index in [0.717, 1.165) is 4.90 Å². The van der Waals surface area contributed by atoms with Crippen LogP contribution in [0.15, 0.2) is 41.3 Å². The fourth-order valence-corrected chi connectivity index (χ4v) is 3.03. The van der Waals surface area contributed by atoms with E-state index >= 15 is 0 Å². The van der Waals surface area contributed by atoms with Gasteiger partial charge in [-0.25, -0.2) is 4.39 Å². The van der Waals surface area contributed by atoms with E-state index in [1.807, 2.05) is 6.07 Å². The van der Waals surface area contributed by atoms with Gasteiger partial charge in [-0.2, -0.15) is 0 Å². The molecule has 0 radical (unpaired) electrons. The summed E-state index contributed by atoms with van der Waals surface area (Å²) in [6, 6.07) is 9.98. The van der Waals surface area contributed by atoms with Crippen molar-refractivity contribution in [3.8, 4) is 0 Å². The topological polar surface area (TPSA) is 0 Å². The van der Waals surface area contributed by atoms with Gasteiger partial charge < -0.3 is 0 Å². The average Bonchev–Trinajstić information content (AvgIpc) is 2.33. The molecule has 5 heteroatoms. The van der Waals surface area contributed by atoms with Crippen LogP contribution < -0.4 is 0 Å². The third kappa shape index (κ3) is 3.33. The van der Waals surface area contributed by atoms with Crippen molar-refractivity contribution in [1.29, 1.82) is 0 Å². The highest BCUT2D eigenvalue weighted by Gasteiger charge is 2.08. The first-order chi connectivity index (χ1) is 8.58. The molecule has 2 aromatic carbocycles. The Hall–Kier alpha value is -0.410. The molecule has 18 heavy (non-hydrogen) atoms. The monoisotopic (exact) mass is 320 g/mol. The molecule has 0 saturated heterocycles. The summed E-state index contributed by atoms with van der Waals surface area (Å²) in [6.07, 6.45) is 0. The molecule has 0 spiro atoms. The van der Waals surface area contributed by atoms with Crippen molar-refractivity contribution in [3.63, 3.8) is 0 Å². The third-order valence-electron chi connectivity index (χ3n) is 2.34. The lowest BCUT2D eigenvalue weighted by atomic mass is 10.2. The second-order valence-electron chi connectivity index (χ2n) is 3.56. The van der Waals surface area contributed by atoms with Crippen molar-refractivity contribution in [3.05, 3.63) is 62.8 Å². The van der Waals surface area contributed by atoms with Gasteiger partial charge in [-0.1, -0.05) is 40.9 Å². The highest BCUT2D eigenvalue weighted by atomic mass is 35.5. The van der Waals surface area contributed by atoms with E-state index in [1.165, 1.54) is 17.8 Å². The number of rotatable bonds is 3. The Morgan fingerprint density at radius 1 is 0.944 bits per heavy atom. The van der Waals surface area contributed by atoms with Crippen LogP contribution in [0.1, 0.15) is 5.56 Å². The quantitative estimate of drug-likeness (QED) is 0.617. The van der Waals surface area contributed by atoms with Gasteiger partial charge in [0, 0.05) is 21.2 Å². The summed E-state index contributed by atoms with van der Waals surface area (Å²) >= 11 is 19.1. The number of halogens is 4. The van der Waals surface area contributed by atoms with Crippen molar-refractivity contribution in [2.24, 2.45) is 0 Å². The van der Waals surface area contributed by atoms with Gasteiger partial charge in [0.15, 0.2) is 0 Å². The predicted molar refractivity (Wildman–Crippen MR) is 77.4 cm³/mol. The number of hydrogen-bond acceptors (Lipinski definition) is 1. The van der Waals surface area contributed by atoms with Crippen LogP contribution in [0.5, 0.6) is 0 Å². The summed E-state index contributed by atoms with van der Waals surface area (Å²) in [5.41, 5.74) is 0.496. The summed E-state index contributed by atoms with van der Waals surface area (Å²) in [4.78, 5) is 0.920. The minimum atomic E-state index is -0.296. The molecule has 2 rings (SSSR count). The Morgan fingerprint density at radius 2 is 1.72 bits per heavy atom. The average molecular weight is 322 g/mol. The molecule has 0 heterocycles. The second kappa shape index (κ2) is 6.16. The molecule has 0 aliphatic heterocycles. The SMILES string of the molecule is Fc1cccc(Cl)c1CSc1ccc(Cl)c(Cl)c1. The Bertz CT molecular complexity index is 552. The zero-order valence-corrected chi connectivity index (χ0v) is 12.2. The molecule has 2 aromatic rings. The first-order valence-electron chi connectivity index (χ1n) is 5.08. The maximum atomic E-state index is 13.6. The maximum Gasteiger partial charge on any atom is 0.128 e. The van der Waals surface area contributed by atoms with Crippen LogP contribution in [-0.2, 0) is 5.75 Å². The fourth-order valence-electron chi connectivity index (χ4n) is 1.39. The van der Waals surface area contributed by atoms with Crippen LogP contribution in [0, 0.1) is 5.82 Å². The fraction of sp³-hybridized carbons (Fsp3) is 0.0769. The van der Waals surface area contributed by atoms with Crippen LogP contribution in [0.25, 0.3) is 0 Å². The molecule has 0 fully saturated rings. The van der Waals surface area contributed by atoms with E-state index in [9.17, 15) is 4.39 Å². The van der Waals surface area contributed by atoms with Crippen LogP contribution in [0.3, 0.4) is 0 Å². The van der Waals surface area contributed by atoms with E-state index in [-0.39, 0.29) is 5.82 Å². The molecule has 0 bridgehead atoms. The van der Waals surface area contributed by atoms with Crippen molar-refractivity contribution >= 4 is 46.6 Å². The highest BCUT2D eigenvalue weighted by Crippen LogP contribution is 2.32. The smallest absolute Gasteiger partial charge is 0.128 e. The summed E-state index contributed by atoms with van der Waals surface area (Å²) in [5, 5.41) is 1.42. The van der Waals surface area contributed by atoms with Gasteiger partial charge in [0.2, 0.25) is 0 Å². The van der Waals surface area contributed by atoms with E-state index in [0.29, 0.717) is 26.4 Å². The summed E-state index contributed by atoms with van der Waals surface area (Å²) in [5.74, 6) is 0.152. The van der Waals surface area contributed by atoms with E-state index in [4.69, 9.17) is 34.8 Å². The van der Waals surface area contributed by atoms with Crippen LogP contribution >= 0.6 is 46.6 Å². The molecule has 0 amide bonds. The Morgan fingerprint density at radius 3 is 2.39 bits per heavy atom. The van der Waals surface area contributed by atoms with Crippen molar-refractivity contribution in [2.75, 3.05) is 0 Å².